The van der Waals surface area contributed by atoms with E-state index in [2.05, 4.69) is 26.7 Å². The molecule has 0 bridgehead atoms. The van der Waals surface area contributed by atoms with Crippen LogP contribution in [0.5, 0.6) is 0 Å². The van der Waals surface area contributed by atoms with Crippen molar-refractivity contribution in [2.75, 3.05) is 11.9 Å². The van der Waals surface area contributed by atoms with E-state index < -0.39 is 18.0 Å². The Bertz CT molecular complexity index is 1480. The Morgan fingerprint density at radius 2 is 1.79 bits per heavy atom. The molecule has 4 aromatic rings. The van der Waals surface area contributed by atoms with Crippen molar-refractivity contribution in [3.8, 4) is 17.3 Å². The van der Waals surface area contributed by atoms with E-state index in [4.69, 9.17) is 5.26 Å². The summed E-state index contributed by atoms with van der Waals surface area (Å²) in [7, 11) is 1.64. The minimum absolute atomic E-state index is 0.223. The minimum Gasteiger partial charge on any atom is -0.322 e. The highest BCUT2D eigenvalue weighted by atomic mass is 16.2. The lowest BCUT2D eigenvalue weighted by Gasteiger charge is -2.17. The fourth-order valence-electron chi connectivity index (χ4n) is 3.76. The van der Waals surface area contributed by atoms with Gasteiger partial charge < -0.3 is 10.2 Å². The SMILES string of the molecule is CN(C(=O)c1cn2c(-c3ccc(C4NC(=O)NC4=O)cc3)cnc2cn1)c1ccc(C#N)cc1. The molecule has 2 N–H and O–H groups in total. The zero-order valence-corrected chi connectivity index (χ0v) is 17.9. The summed E-state index contributed by atoms with van der Waals surface area (Å²) in [4.78, 5) is 46.4. The summed E-state index contributed by atoms with van der Waals surface area (Å²) < 4.78 is 1.77. The van der Waals surface area contributed by atoms with Gasteiger partial charge in [0, 0.05) is 24.5 Å². The molecule has 2 aromatic carbocycles. The first kappa shape index (κ1) is 20.8. The van der Waals surface area contributed by atoms with Crippen molar-refractivity contribution in [3.63, 3.8) is 0 Å². The highest BCUT2D eigenvalue weighted by Gasteiger charge is 2.30. The van der Waals surface area contributed by atoms with E-state index in [1.165, 1.54) is 11.1 Å². The first-order valence-electron chi connectivity index (χ1n) is 10.3. The van der Waals surface area contributed by atoms with Crippen molar-refractivity contribution in [1.29, 1.82) is 5.26 Å². The molecule has 0 radical (unpaired) electrons. The van der Waals surface area contributed by atoms with Crippen LogP contribution in [0.3, 0.4) is 0 Å². The maximum Gasteiger partial charge on any atom is 0.322 e. The number of anilines is 1. The van der Waals surface area contributed by atoms with Crippen molar-refractivity contribution in [3.05, 3.63) is 83.9 Å². The van der Waals surface area contributed by atoms with Gasteiger partial charge in [0.25, 0.3) is 11.8 Å². The van der Waals surface area contributed by atoms with Gasteiger partial charge in [0.1, 0.15) is 11.7 Å². The van der Waals surface area contributed by atoms with E-state index in [1.54, 1.807) is 60.2 Å². The number of hydrogen-bond donors (Lipinski definition) is 2. The molecule has 5 rings (SSSR count). The van der Waals surface area contributed by atoms with Crippen molar-refractivity contribution in [2.45, 2.75) is 6.04 Å². The van der Waals surface area contributed by atoms with Gasteiger partial charge in [-0.1, -0.05) is 24.3 Å². The van der Waals surface area contributed by atoms with Gasteiger partial charge >= 0.3 is 6.03 Å². The monoisotopic (exact) mass is 451 g/mol. The zero-order valence-electron chi connectivity index (χ0n) is 17.9. The fourth-order valence-corrected chi connectivity index (χ4v) is 3.76. The predicted molar refractivity (Wildman–Crippen MR) is 122 cm³/mol. The van der Waals surface area contributed by atoms with E-state index >= 15 is 0 Å². The number of imidazole rings is 1. The van der Waals surface area contributed by atoms with Crippen LogP contribution in [-0.2, 0) is 4.79 Å². The highest BCUT2D eigenvalue weighted by Crippen LogP contribution is 2.25. The van der Waals surface area contributed by atoms with E-state index in [0.717, 1.165) is 11.3 Å². The summed E-state index contributed by atoms with van der Waals surface area (Å²) in [6, 6.07) is 14.7. The number of benzene rings is 2. The number of nitriles is 1. The molecule has 1 fully saturated rings. The summed E-state index contributed by atoms with van der Waals surface area (Å²) in [5, 5.41) is 13.7. The van der Waals surface area contributed by atoms with Crippen molar-refractivity contribution < 1.29 is 14.4 Å². The van der Waals surface area contributed by atoms with E-state index in [9.17, 15) is 14.4 Å². The number of nitrogens with zero attached hydrogens (tertiary/aromatic N) is 5. The van der Waals surface area contributed by atoms with Crippen molar-refractivity contribution in [2.24, 2.45) is 0 Å². The normalized spacial score (nSPS) is 15.0. The van der Waals surface area contributed by atoms with Gasteiger partial charge in [-0.25, -0.2) is 14.8 Å². The Labute approximate surface area is 193 Å². The Kier molecular flexibility index (Phi) is 4.99. The molecule has 1 aliphatic rings. The summed E-state index contributed by atoms with van der Waals surface area (Å²) in [5.41, 5.74) is 4.14. The first-order chi connectivity index (χ1) is 16.4. The highest BCUT2D eigenvalue weighted by molar-refractivity contribution is 6.05. The van der Waals surface area contributed by atoms with Crippen LogP contribution in [0.25, 0.3) is 16.9 Å². The Balaban J connectivity index is 1.44. The van der Waals surface area contributed by atoms with Crippen LogP contribution in [0.1, 0.15) is 27.7 Å². The summed E-state index contributed by atoms with van der Waals surface area (Å²) in [6.45, 7) is 0. The second-order valence-electron chi connectivity index (χ2n) is 7.68. The molecule has 1 atom stereocenters. The van der Waals surface area contributed by atoms with Gasteiger partial charge in [0.15, 0.2) is 5.65 Å². The average molecular weight is 451 g/mol. The summed E-state index contributed by atoms with van der Waals surface area (Å²) in [6.07, 6.45) is 4.82. The third kappa shape index (κ3) is 3.61. The molecule has 10 heteroatoms. The number of aromatic nitrogens is 3. The molecule has 34 heavy (non-hydrogen) atoms. The number of carbonyl (C=O) groups excluding carboxylic acids is 3. The number of rotatable bonds is 4. The largest absolute Gasteiger partial charge is 0.322 e. The first-order valence-corrected chi connectivity index (χ1v) is 10.3. The summed E-state index contributed by atoms with van der Waals surface area (Å²) >= 11 is 0. The zero-order chi connectivity index (χ0) is 23.8. The second-order valence-corrected chi connectivity index (χ2v) is 7.68. The number of hydrogen-bond acceptors (Lipinski definition) is 6. The van der Waals surface area contributed by atoms with Crippen LogP contribution in [0, 0.1) is 11.3 Å². The maximum absolute atomic E-state index is 13.1. The van der Waals surface area contributed by atoms with Gasteiger partial charge in [0.2, 0.25) is 0 Å². The van der Waals surface area contributed by atoms with E-state index in [-0.39, 0.29) is 11.6 Å². The second kappa shape index (κ2) is 8.14. The maximum atomic E-state index is 13.1. The minimum atomic E-state index is -0.727. The number of urea groups is 1. The smallest absolute Gasteiger partial charge is 0.322 e. The Morgan fingerprint density at radius 3 is 2.44 bits per heavy atom. The number of imide groups is 1. The van der Waals surface area contributed by atoms with Crippen LogP contribution < -0.4 is 15.5 Å². The lowest BCUT2D eigenvalue weighted by Crippen LogP contribution is -2.27. The van der Waals surface area contributed by atoms with Crippen LogP contribution in [0.2, 0.25) is 0 Å². The van der Waals surface area contributed by atoms with Crippen LogP contribution in [0.15, 0.2) is 67.1 Å². The molecule has 0 saturated carbocycles. The molecule has 4 amide bonds. The van der Waals surface area contributed by atoms with Gasteiger partial charge in [-0.15, -0.1) is 0 Å². The molecule has 0 aliphatic carbocycles. The molecule has 1 saturated heterocycles. The fraction of sp³-hybridized carbons (Fsp3) is 0.0833. The van der Waals surface area contributed by atoms with Gasteiger partial charge in [-0.05, 0) is 29.8 Å². The van der Waals surface area contributed by atoms with Gasteiger partial charge in [0.05, 0.1) is 29.7 Å². The van der Waals surface area contributed by atoms with Gasteiger partial charge in [-0.3, -0.25) is 19.3 Å². The van der Waals surface area contributed by atoms with Crippen molar-refractivity contribution in [1.82, 2.24) is 25.0 Å². The van der Waals surface area contributed by atoms with Crippen LogP contribution in [-0.4, -0.2) is 39.3 Å². The molecule has 10 nitrogen and oxygen atoms in total. The lowest BCUT2D eigenvalue weighted by molar-refractivity contribution is -0.120. The van der Waals surface area contributed by atoms with Crippen LogP contribution in [0.4, 0.5) is 10.5 Å². The standard InChI is InChI=1S/C24H17N7O3/c1-30(17-8-2-14(10-25)3-9-17)23(33)18-13-31-19(11-27-20(31)12-26-18)15-4-6-16(7-5-15)21-22(32)29-24(34)28-21/h2-9,11-13,21H,1H3,(H2,28,29,32,34). The number of carbonyl (C=O) groups is 3. The lowest BCUT2D eigenvalue weighted by atomic mass is 10.0. The molecule has 0 spiro atoms. The van der Waals surface area contributed by atoms with Crippen LogP contribution >= 0.6 is 0 Å². The molecular weight excluding hydrogens is 434 g/mol. The number of amides is 4. The molecular formula is C24H17N7O3. The number of nitrogens with one attached hydrogen (secondary N) is 2. The molecule has 1 aliphatic heterocycles. The Morgan fingerprint density at radius 1 is 1.06 bits per heavy atom. The Hall–Kier alpha value is -5.04. The van der Waals surface area contributed by atoms with E-state index in [1.807, 2.05) is 12.1 Å². The summed E-state index contributed by atoms with van der Waals surface area (Å²) in [5.74, 6) is -0.710. The van der Waals surface area contributed by atoms with Crippen molar-refractivity contribution >= 4 is 29.2 Å². The number of fused-ring (bicyclic) bond motifs is 1. The third-order valence-corrected chi connectivity index (χ3v) is 5.62. The predicted octanol–water partition coefficient (Wildman–Crippen LogP) is 2.43. The molecule has 1 unspecified atom stereocenters. The molecule has 2 aromatic heterocycles. The third-order valence-electron chi connectivity index (χ3n) is 5.62. The topological polar surface area (TPSA) is 132 Å². The molecule has 3 heterocycles. The van der Waals surface area contributed by atoms with Gasteiger partial charge in [-0.2, -0.15) is 5.26 Å². The molecule has 166 valence electrons. The quantitative estimate of drug-likeness (QED) is 0.458. The average Bonchev–Trinajstić information content (AvgIpc) is 3.45. The van der Waals surface area contributed by atoms with E-state index in [0.29, 0.717) is 22.5 Å².